The number of pyridine rings is 1. The van der Waals surface area contributed by atoms with Crippen molar-refractivity contribution in [1.82, 2.24) is 20.2 Å². The van der Waals surface area contributed by atoms with E-state index in [1.54, 1.807) is 12.4 Å². The minimum Gasteiger partial charge on any atom is -0.271 e. The highest BCUT2D eigenvalue weighted by atomic mass is 15.3. The van der Waals surface area contributed by atoms with Crippen molar-refractivity contribution in [1.29, 1.82) is 0 Å². The van der Waals surface area contributed by atoms with E-state index in [-0.39, 0.29) is 6.04 Å². The fourth-order valence-corrected chi connectivity index (χ4v) is 2.20. The van der Waals surface area contributed by atoms with Crippen LogP contribution in [0.3, 0.4) is 0 Å². The molecule has 19 heavy (non-hydrogen) atoms. The van der Waals surface area contributed by atoms with Crippen LogP contribution in [-0.2, 0) is 19.4 Å². The molecule has 2 aromatic heterocycles. The summed E-state index contributed by atoms with van der Waals surface area (Å²) < 4.78 is 2.05. The molecule has 0 amide bonds. The SMILES string of the molecule is CCc1cc(CC(NN)c2ccncc2)n(CC)n1. The van der Waals surface area contributed by atoms with Crippen LogP contribution >= 0.6 is 0 Å². The summed E-state index contributed by atoms with van der Waals surface area (Å²) in [6.07, 6.45) is 5.35. The number of nitrogens with one attached hydrogen (secondary N) is 1. The number of nitrogens with zero attached hydrogens (tertiary/aromatic N) is 3. The molecule has 1 unspecified atom stereocenters. The van der Waals surface area contributed by atoms with Crippen LogP contribution in [0.4, 0.5) is 0 Å². The minimum absolute atomic E-state index is 0.0784. The fraction of sp³-hybridized carbons (Fsp3) is 0.429. The van der Waals surface area contributed by atoms with E-state index in [1.807, 2.05) is 16.8 Å². The van der Waals surface area contributed by atoms with Crippen LogP contribution in [0.2, 0.25) is 0 Å². The van der Waals surface area contributed by atoms with Crippen molar-refractivity contribution in [3.8, 4) is 0 Å². The van der Waals surface area contributed by atoms with E-state index in [1.165, 1.54) is 5.69 Å². The molecular formula is C14H21N5. The van der Waals surface area contributed by atoms with Gasteiger partial charge in [0.05, 0.1) is 11.7 Å². The predicted octanol–water partition coefficient (Wildman–Crippen LogP) is 1.61. The van der Waals surface area contributed by atoms with Crippen molar-refractivity contribution in [3.05, 3.63) is 47.5 Å². The average Bonchev–Trinajstić information content (AvgIpc) is 2.87. The van der Waals surface area contributed by atoms with Gasteiger partial charge in [0.2, 0.25) is 0 Å². The monoisotopic (exact) mass is 259 g/mol. The van der Waals surface area contributed by atoms with E-state index in [0.29, 0.717) is 0 Å². The number of hydrogen-bond acceptors (Lipinski definition) is 4. The molecule has 2 rings (SSSR count). The Morgan fingerprint density at radius 3 is 2.63 bits per heavy atom. The van der Waals surface area contributed by atoms with Crippen molar-refractivity contribution < 1.29 is 0 Å². The second-order valence-corrected chi connectivity index (χ2v) is 4.50. The van der Waals surface area contributed by atoms with Crippen molar-refractivity contribution >= 4 is 0 Å². The van der Waals surface area contributed by atoms with Crippen LogP contribution < -0.4 is 11.3 Å². The van der Waals surface area contributed by atoms with Crippen LogP contribution in [0.5, 0.6) is 0 Å². The lowest BCUT2D eigenvalue weighted by molar-refractivity contribution is 0.516. The number of rotatable bonds is 6. The summed E-state index contributed by atoms with van der Waals surface area (Å²) in [5, 5.41) is 4.56. The molecule has 0 aliphatic heterocycles. The molecule has 0 bridgehead atoms. The first-order valence-electron chi connectivity index (χ1n) is 6.70. The number of hydrogen-bond donors (Lipinski definition) is 2. The fourth-order valence-electron chi connectivity index (χ4n) is 2.20. The first kappa shape index (κ1) is 13.7. The Morgan fingerprint density at radius 2 is 2.05 bits per heavy atom. The first-order valence-corrected chi connectivity index (χ1v) is 6.70. The molecule has 102 valence electrons. The summed E-state index contributed by atoms with van der Waals surface area (Å²) >= 11 is 0. The highest BCUT2D eigenvalue weighted by molar-refractivity contribution is 5.19. The Labute approximate surface area is 113 Å². The third-order valence-electron chi connectivity index (χ3n) is 3.30. The molecule has 0 saturated heterocycles. The second kappa shape index (κ2) is 6.45. The van der Waals surface area contributed by atoms with Crippen LogP contribution in [0.25, 0.3) is 0 Å². The minimum atomic E-state index is 0.0784. The topological polar surface area (TPSA) is 68.8 Å². The van der Waals surface area contributed by atoms with Gasteiger partial charge in [0.25, 0.3) is 0 Å². The molecule has 0 spiro atoms. The zero-order valence-electron chi connectivity index (χ0n) is 11.5. The molecule has 0 aliphatic carbocycles. The lowest BCUT2D eigenvalue weighted by atomic mass is 10.0. The van der Waals surface area contributed by atoms with E-state index in [9.17, 15) is 0 Å². The van der Waals surface area contributed by atoms with Crippen LogP contribution in [0, 0.1) is 0 Å². The summed E-state index contributed by atoms with van der Waals surface area (Å²) in [6.45, 7) is 5.10. The Morgan fingerprint density at radius 1 is 1.32 bits per heavy atom. The molecule has 5 nitrogen and oxygen atoms in total. The maximum atomic E-state index is 5.68. The largest absolute Gasteiger partial charge is 0.271 e. The molecule has 3 N–H and O–H groups in total. The lowest BCUT2D eigenvalue weighted by Gasteiger charge is -2.16. The van der Waals surface area contributed by atoms with Crippen molar-refractivity contribution in [2.75, 3.05) is 0 Å². The van der Waals surface area contributed by atoms with Crippen LogP contribution in [0.15, 0.2) is 30.6 Å². The third kappa shape index (κ3) is 3.19. The average molecular weight is 259 g/mol. The maximum Gasteiger partial charge on any atom is 0.0624 e. The standard InChI is InChI=1S/C14H21N5/c1-3-12-9-13(19(4-2)18-12)10-14(17-15)11-5-7-16-8-6-11/h5-9,14,17H,3-4,10,15H2,1-2H3. The number of hydrazine groups is 1. The molecule has 5 heteroatoms. The summed E-state index contributed by atoms with van der Waals surface area (Å²) in [6, 6.07) is 6.21. The molecular weight excluding hydrogens is 238 g/mol. The van der Waals surface area contributed by atoms with Crippen molar-refractivity contribution in [2.45, 2.75) is 39.3 Å². The van der Waals surface area contributed by atoms with Gasteiger partial charge in [0.1, 0.15) is 0 Å². The highest BCUT2D eigenvalue weighted by Crippen LogP contribution is 2.18. The van der Waals surface area contributed by atoms with E-state index >= 15 is 0 Å². The van der Waals surface area contributed by atoms with Gasteiger partial charge in [-0.2, -0.15) is 5.10 Å². The van der Waals surface area contributed by atoms with Crippen molar-refractivity contribution in [3.63, 3.8) is 0 Å². The molecule has 2 heterocycles. The third-order valence-corrected chi connectivity index (χ3v) is 3.30. The first-order chi connectivity index (χ1) is 9.28. The van der Waals surface area contributed by atoms with Crippen LogP contribution in [0.1, 0.15) is 36.8 Å². The maximum absolute atomic E-state index is 5.68. The van der Waals surface area contributed by atoms with Gasteiger partial charge < -0.3 is 0 Å². The molecule has 0 radical (unpaired) electrons. The number of aromatic nitrogens is 3. The Bertz CT molecular complexity index is 506. The van der Waals surface area contributed by atoms with E-state index in [2.05, 4.69) is 35.4 Å². The predicted molar refractivity (Wildman–Crippen MR) is 75.3 cm³/mol. The molecule has 2 aromatic rings. The number of nitrogens with two attached hydrogens (primary N) is 1. The smallest absolute Gasteiger partial charge is 0.0624 e. The van der Waals surface area contributed by atoms with Gasteiger partial charge in [-0.3, -0.25) is 20.9 Å². The Hall–Kier alpha value is -1.72. The van der Waals surface area contributed by atoms with Gasteiger partial charge in [-0.15, -0.1) is 0 Å². The summed E-state index contributed by atoms with van der Waals surface area (Å²) in [4.78, 5) is 4.03. The van der Waals surface area contributed by atoms with E-state index in [4.69, 9.17) is 5.84 Å². The summed E-state index contributed by atoms with van der Waals surface area (Å²) in [7, 11) is 0. The van der Waals surface area contributed by atoms with E-state index in [0.717, 1.165) is 30.6 Å². The molecule has 0 fully saturated rings. The van der Waals surface area contributed by atoms with Gasteiger partial charge in [-0.05, 0) is 37.1 Å². The molecule has 1 atom stereocenters. The molecule has 0 aromatic carbocycles. The normalized spacial score (nSPS) is 12.6. The van der Waals surface area contributed by atoms with E-state index < -0.39 is 0 Å². The molecule has 0 saturated carbocycles. The zero-order valence-corrected chi connectivity index (χ0v) is 11.5. The van der Waals surface area contributed by atoms with Gasteiger partial charge in [-0.25, -0.2) is 0 Å². The van der Waals surface area contributed by atoms with Gasteiger partial charge in [0, 0.05) is 31.1 Å². The second-order valence-electron chi connectivity index (χ2n) is 4.50. The van der Waals surface area contributed by atoms with Gasteiger partial charge in [0.15, 0.2) is 0 Å². The van der Waals surface area contributed by atoms with Crippen LogP contribution in [-0.4, -0.2) is 14.8 Å². The van der Waals surface area contributed by atoms with Crippen molar-refractivity contribution in [2.24, 2.45) is 5.84 Å². The summed E-state index contributed by atoms with van der Waals surface area (Å²) in [5.41, 5.74) is 6.35. The Balaban J connectivity index is 2.21. The Kier molecular flexibility index (Phi) is 4.65. The van der Waals surface area contributed by atoms with Gasteiger partial charge in [-0.1, -0.05) is 6.92 Å². The quantitative estimate of drug-likeness (QED) is 0.611. The highest BCUT2D eigenvalue weighted by Gasteiger charge is 2.14. The lowest BCUT2D eigenvalue weighted by Crippen LogP contribution is -2.30. The summed E-state index contributed by atoms with van der Waals surface area (Å²) in [5.74, 6) is 5.68. The van der Waals surface area contributed by atoms with Gasteiger partial charge >= 0.3 is 0 Å². The number of aryl methyl sites for hydroxylation is 2. The molecule has 0 aliphatic rings. The zero-order chi connectivity index (χ0) is 13.7.